The van der Waals surface area contributed by atoms with Gasteiger partial charge in [-0.1, -0.05) is 47.6 Å². The van der Waals surface area contributed by atoms with Gasteiger partial charge in [-0.2, -0.15) is 18.2 Å². The highest BCUT2D eigenvalue weighted by Crippen LogP contribution is 2.29. The third-order valence-electron chi connectivity index (χ3n) is 3.30. The van der Waals surface area contributed by atoms with Crippen LogP contribution in [0.25, 0.3) is 11.4 Å². The molecule has 1 amide bonds. The van der Waals surface area contributed by atoms with Crippen molar-refractivity contribution in [1.29, 1.82) is 0 Å². The van der Waals surface area contributed by atoms with E-state index in [0.29, 0.717) is 16.8 Å². The van der Waals surface area contributed by atoms with Crippen molar-refractivity contribution in [1.82, 2.24) is 10.1 Å². The highest BCUT2D eigenvalue weighted by Gasteiger charge is 2.38. The summed E-state index contributed by atoms with van der Waals surface area (Å²) in [6, 6.07) is 15.3. The molecule has 1 heterocycles. The summed E-state index contributed by atoms with van der Waals surface area (Å²) in [7, 11) is 0. The van der Waals surface area contributed by atoms with E-state index >= 15 is 0 Å². The van der Waals surface area contributed by atoms with E-state index in [1.165, 1.54) is 12.1 Å². The lowest BCUT2D eigenvalue weighted by Gasteiger charge is -2.05. The van der Waals surface area contributed by atoms with E-state index in [9.17, 15) is 18.0 Å². The Bertz CT molecular complexity index is 859. The zero-order chi connectivity index (χ0) is 17.9. The van der Waals surface area contributed by atoms with Gasteiger partial charge in [0, 0.05) is 11.3 Å². The predicted octanol–water partition coefficient (Wildman–Crippen LogP) is 3.94. The molecule has 0 aliphatic carbocycles. The number of anilines is 1. The summed E-state index contributed by atoms with van der Waals surface area (Å²) in [5.41, 5.74) is 1.76. The lowest BCUT2D eigenvalue weighted by atomic mass is 10.1. The van der Waals surface area contributed by atoms with Crippen molar-refractivity contribution in [3.05, 3.63) is 66.1 Å². The number of benzene rings is 2. The number of amides is 1. The first-order valence-corrected chi connectivity index (χ1v) is 7.27. The van der Waals surface area contributed by atoms with Gasteiger partial charge in [0.25, 0.3) is 0 Å². The smallest absolute Gasteiger partial charge is 0.329 e. The number of nitrogens with zero attached hydrogens (tertiary/aromatic N) is 2. The van der Waals surface area contributed by atoms with Crippen molar-refractivity contribution in [3.63, 3.8) is 0 Å². The Kier molecular flexibility index (Phi) is 4.51. The van der Waals surface area contributed by atoms with Gasteiger partial charge in [-0.05, 0) is 17.7 Å². The first kappa shape index (κ1) is 16.7. The van der Waals surface area contributed by atoms with Crippen molar-refractivity contribution < 1.29 is 22.5 Å². The minimum atomic E-state index is -4.68. The first-order valence-electron chi connectivity index (χ1n) is 7.27. The molecule has 0 fully saturated rings. The molecule has 5 nitrogen and oxygen atoms in total. The van der Waals surface area contributed by atoms with Crippen molar-refractivity contribution in [2.45, 2.75) is 12.6 Å². The van der Waals surface area contributed by atoms with Gasteiger partial charge >= 0.3 is 12.1 Å². The van der Waals surface area contributed by atoms with E-state index in [2.05, 4.69) is 20.0 Å². The van der Waals surface area contributed by atoms with E-state index < -0.39 is 12.1 Å². The molecule has 0 unspecified atom stereocenters. The summed E-state index contributed by atoms with van der Waals surface area (Å²) < 4.78 is 41.6. The number of aromatic nitrogens is 2. The van der Waals surface area contributed by atoms with Gasteiger partial charge in [0.05, 0.1) is 6.42 Å². The minimum Gasteiger partial charge on any atom is -0.329 e. The SMILES string of the molecule is O=C(Cc1ccc(-c2noc(C(F)(F)F)n2)cc1)Nc1ccccc1. The van der Waals surface area contributed by atoms with Crippen LogP contribution < -0.4 is 5.32 Å². The molecule has 0 atom stereocenters. The van der Waals surface area contributed by atoms with Gasteiger partial charge in [-0.15, -0.1) is 0 Å². The number of para-hydroxylation sites is 1. The number of halogens is 3. The maximum atomic E-state index is 12.5. The number of alkyl halides is 3. The Hall–Kier alpha value is -3.16. The van der Waals surface area contributed by atoms with Gasteiger partial charge in [0.15, 0.2) is 0 Å². The van der Waals surface area contributed by atoms with Crippen molar-refractivity contribution >= 4 is 11.6 Å². The fourth-order valence-electron chi connectivity index (χ4n) is 2.14. The number of carbonyl (C=O) groups is 1. The Labute approximate surface area is 140 Å². The van der Waals surface area contributed by atoms with Gasteiger partial charge in [0.1, 0.15) is 0 Å². The Morgan fingerprint density at radius 1 is 1.04 bits per heavy atom. The van der Waals surface area contributed by atoms with Crippen LogP contribution in [0.2, 0.25) is 0 Å². The average molecular weight is 347 g/mol. The molecule has 3 aromatic rings. The van der Waals surface area contributed by atoms with E-state index in [0.717, 1.165) is 0 Å². The molecular weight excluding hydrogens is 335 g/mol. The van der Waals surface area contributed by atoms with Gasteiger partial charge in [0.2, 0.25) is 11.7 Å². The molecule has 0 radical (unpaired) electrons. The van der Waals surface area contributed by atoms with Crippen LogP contribution in [0.1, 0.15) is 11.5 Å². The zero-order valence-corrected chi connectivity index (χ0v) is 12.7. The van der Waals surface area contributed by atoms with E-state index in [1.807, 2.05) is 18.2 Å². The molecule has 0 spiro atoms. The molecular formula is C17H12F3N3O2. The predicted molar refractivity (Wildman–Crippen MR) is 83.5 cm³/mol. The summed E-state index contributed by atoms with van der Waals surface area (Å²) in [5, 5.41) is 6.07. The number of rotatable bonds is 4. The highest BCUT2D eigenvalue weighted by atomic mass is 19.4. The van der Waals surface area contributed by atoms with Crippen LogP contribution in [-0.2, 0) is 17.4 Å². The Balaban J connectivity index is 1.66. The van der Waals surface area contributed by atoms with E-state index in [4.69, 9.17) is 0 Å². The van der Waals surface area contributed by atoms with Gasteiger partial charge in [-0.3, -0.25) is 4.79 Å². The third-order valence-corrected chi connectivity index (χ3v) is 3.30. The van der Waals surface area contributed by atoms with Crippen LogP contribution >= 0.6 is 0 Å². The highest BCUT2D eigenvalue weighted by molar-refractivity contribution is 5.92. The molecule has 25 heavy (non-hydrogen) atoms. The number of nitrogens with one attached hydrogen (secondary N) is 1. The maximum Gasteiger partial charge on any atom is 0.471 e. The number of hydrogen-bond acceptors (Lipinski definition) is 4. The zero-order valence-electron chi connectivity index (χ0n) is 12.7. The van der Waals surface area contributed by atoms with Crippen molar-refractivity contribution in [3.8, 4) is 11.4 Å². The molecule has 0 bridgehead atoms. The molecule has 2 aromatic carbocycles. The summed E-state index contributed by atoms with van der Waals surface area (Å²) >= 11 is 0. The van der Waals surface area contributed by atoms with Crippen LogP contribution in [0.3, 0.4) is 0 Å². The first-order chi connectivity index (χ1) is 11.9. The van der Waals surface area contributed by atoms with Crippen molar-refractivity contribution in [2.24, 2.45) is 0 Å². The van der Waals surface area contributed by atoms with Crippen LogP contribution in [0.5, 0.6) is 0 Å². The second-order valence-electron chi connectivity index (χ2n) is 5.21. The molecule has 0 aliphatic rings. The molecule has 128 valence electrons. The van der Waals surface area contributed by atoms with Gasteiger partial charge in [-0.25, -0.2) is 0 Å². The number of hydrogen-bond donors (Lipinski definition) is 1. The van der Waals surface area contributed by atoms with Crippen molar-refractivity contribution in [2.75, 3.05) is 5.32 Å². The molecule has 3 rings (SSSR count). The molecule has 0 saturated carbocycles. The largest absolute Gasteiger partial charge is 0.471 e. The average Bonchev–Trinajstić information content (AvgIpc) is 3.07. The molecule has 1 N–H and O–H groups in total. The molecule has 0 aliphatic heterocycles. The Morgan fingerprint density at radius 2 is 1.72 bits per heavy atom. The normalized spacial score (nSPS) is 11.3. The van der Waals surface area contributed by atoms with Crippen LogP contribution in [0.15, 0.2) is 59.1 Å². The Morgan fingerprint density at radius 3 is 2.32 bits per heavy atom. The summed E-state index contributed by atoms with van der Waals surface area (Å²) in [5.74, 6) is -1.75. The molecule has 8 heteroatoms. The van der Waals surface area contributed by atoms with E-state index in [-0.39, 0.29) is 18.2 Å². The second kappa shape index (κ2) is 6.76. The standard InChI is InChI=1S/C17H12F3N3O2/c18-17(19,20)16-22-15(23-25-16)12-8-6-11(7-9-12)10-14(24)21-13-4-2-1-3-5-13/h1-9H,10H2,(H,21,24). The monoisotopic (exact) mass is 347 g/mol. The quantitative estimate of drug-likeness (QED) is 0.776. The third kappa shape index (κ3) is 4.23. The maximum absolute atomic E-state index is 12.5. The van der Waals surface area contributed by atoms with Crippen LogP contribution in [-0.4, -0.2) is 16.0 Å². The topological polar surface area (TPSA) is 68.0 Å². The summed E-state index contributed by atoms with van der Waals surface area (Å²) in [6.07, 6.45) is -4.55. The summed E-state index contributed by atoms with van der Waals surface area (Å²) in [6.45, 7) is 0. The van der Waals surface area contributed by atoms with Crippen LogP contribution in [0, 0.1) is 0 Å². The molecule has 0 saturated heterocycles. The summed E-state index contributed by atoms with van der Waals surface area (Å²) in [4.78, 5) is 15.3. The lowest BCUT2D eigenvalue weighted by Crippen LogP contribution is -2.14. The van der Waals surface area contributed by atoms with E-state index in [1.54, 1.807) is 24.3 Å². The minimum absolute atomic E-state index is 0.134. The number of carbonyl (C=O) groups excluding carboxylic acids is 1. The second-order valence-corrected chi connectivity index (χ2v) is 5.21. The van der Waals surface area contributed by atoms with Crippen LogP contribution in [0.4, 0.5) is 18.9 Å². The lowest BCUT2D eigenvalue weighted by molar-refractivity contribution is -0.159. The fraction of sp³-hybridized carbons (Fsp3) is 0.118. The fourth-order valence-corrected chi connectivity index (χ4v) is 2.14. The van der Waals surface area contributed by atoms with Gasteiger partial charge < -0.3 is 9.84 Å². The molecule has 1 aromatic heterocycles.